The summed E-state index contributed by atoms with van der Waals surface area (Å²) in [5.41, 5.74) is -2.21. The lowest BCUT2D eigenvalue weighted by Gasteiger charge is -2.52. The lowest BCUT2D eigenvalue weighted by atomic mass is 9.65. The number of piperidine rings is 1. The topological polar surface area (TPSA) is 81.0 Å². The maximum absolute atomic E-state index is 13.4. The average Bonchev–Trinajstić information content (AvgIpc) is 3.30. The van der Waals surface area contributed by atoms with Gasteiger partial charge < -0.3 is 24.0 Å². The molecule has 1 spiro atoms. The van der Waals surface area contributed by atoms with Gasteiger partial charge in [0.05, 0.1) is 38.2 Å². The van der Waals surface area contributed by atoms with Gasteiger partial charge in [-0.3, -0.25) is 9.59 Å². The molecule has 0 radical (unpaired) electrons. The Morgan fingerprint density at radius 2 is 1.77 bits per heavy atom. The number of ether oxygens (including phenoxy) is 2. The van der Waals surface area contributed by atoms with Gasteiger partial charge >= 0.3 is 6.18 Å². The number of pyridine rings is 1. The van der Waals surface area contributed by atoms with E-state index in [1.54, 1.807) is 24.4 Å². The Hall–Kier alpha value is -2.75. The number of fused-ring (bicyclic) bond motifs is 1. The number of hydrogen-bond acceptors (Lipinski definition) is 5. The molecule has 4 rings (SSSR count). The fourth-order valence-electron chi connectivity index (χ4n) is 5.74. The Bertz CT molecular complexity index is 1160. The van der Waals surface area contributed by atoms with Crippen LogP contribution < -0.4 is 15.0 Å². The fraction of sp³-hybridized carbons (Fsp3) is 0.600. The molecule has 2 aliphatic rings. The number of halogens is 3. The second-order valence-corrected chi connectivity index (χ2v) is 9.74. The van der Waals surface area contributed by atoms with Gasteiger partial charge in [-0.2, -0.15) is 13.2 Å². The molecule has 192 valence electrons. The number of amides is 1. The molecule has 2 aromatic rings. The number of methoxy groups -OCH3 is 2. The quantitative estimate of drug-likeness (QED) is 0.657. The van der Waals surface area contributed by atoms with Crippen molar-refractivity contribution in [3.63, 3.8) is 0 Å². The van der Waals surface area contributed by atoms with Crippen molar-refractivity contribution in [2.24, 2.45) is 5.41 Å². The van der Waals surface area contributed by atoms with Crippen LogP contribution in [0, 0.1) is 5.41 Å². The molecule has 1 unspecified atom stereocenters. The summed E-state index contributed by atoms with van der Waals surface area (Å²) in [6.07, 6.45) is -1.28. The minimum absolute atomic E-state index is 0.0424. The van der Waals surface area contributed by atoms with E-state index in [0.717, 1.165) is 12.8 Å². The third-order valence-corrected chi connectivity index (χ3v) is 7.72. The maximum Gasteiger partial charge on any atom is 0.389 e. The first-order valence-electron chi connectivity index (χ1n) is 11.8. The second-order valence-electron chi connectivity index (χ2n) is 9.74. The maximum atomic E-state index is 13.4. The van der Waals surface area contributed by atoms with Crippen molar-refractivity contribution in [1.82, 2.24) is 9.47 Å². The number of likely N-dealkylation sites (tertiary alicyclic amines) is 1. The van der Waals surface area contributed by atoms with E-state index in [4.69, 9.17) is 9.47 Å². The molecular formula is C25H31F3N2O5. The van der Waals surface area contributed by atoms with Crippen molar-refractivity contribution < 1.29 is 32.5 Å². The Balaban J connectivity index is 1.61. The van der Waals surface area contributed by atoms with Gasteiger partial charge in [-0.25, -0.2) is 0 Å². The number of aliphatic hydroxyl groups is 1. The summed E-state index contributed by atoms with van der Waals surface area (Å²) in [6, 6.07) is 5.11. The molecule has 0 bridgehead atoms. The average molecular weight is 497 g/mol. The van der Waals surface area contributed by atoms with Gasteiger partial charge in [0.15, 0.2) is 11.5 Å². The molecule has 35 heavy (non-hydrogen) atoms. The lowest BCUT2D eigenvalue weighted by molar-refractivity contribution is -0.166. The van der Waals surface area contributed by atoms with Crippen LogP contribution in [0.5, 0.6) is 11.5 Å². The van der Waals surface area contributed by atoms with Gasteiger partial charge in [0, 0.05) is 31.1 Å². The van der Waals surface area contributed by atoms with Gasteiger partial charge in [-0.05, 0) is 42.8 Å². The summed E-state index contributed by atoms with van der Waals surface area (Å²) >= 11 is 0. The van der Waals surface area contributed by atoms with E-state index >= 15 is 0 Å². The zero-order chi connectivity index (χ0) is 25.4. The third-order valence-electron chi connectivity index (χ3n) is 7.72. The van der Waals surface area contributed by atoms with Crippen molar-refractivity contribution in [2.75, 3.05) is 27.3 Å². The molecule has 1 aromatic heterocycles. The minimum atomic E-state index is -4.39. The number of carbonyl (C=O) groups is 1. The summed E-state index contributed by atoms with van der Waals surface area (Å²) in [6.45, 7) is 0.399. The first-order chi connectivity index (χ1) is 16.5. The molecule has 7 nitrogen and oxygen atoms in total. The van der Waals surface area contributed by atoms with E-state index in [9.17, 15) is 27.9 Å². The van der Waals surface area contributed by atoms with Gasteiger partial charge in [-0.15, -0.1) is 0 Å². The fourth-order valence-corrected chi connectivity index (χ4v) is 5.74. The number of hydrogen-bond donors (Lipinski definition) is 1. The standard InChI is InChI=1S/C25H31F3N2O5/c1-34-19-13-17-6-11-30(22(32)18(17)14-20(19)35-2)16-24(33)10-12-29(15-23(24)7-3-4-8-23)21(31)5-9-25(26,27)28/h6,11,13-14,33H,3-5,7-10,12,15-16H2,1-2H3. The molecule has 10 heteroatoms. The molecule has 2 heterocycles. The van der Waals surface area contributed by atoms with Crippen LogP contribution in [0.4, 0.5) is 13.2 Å². The van der Waals surface area contributed by atoms with E-state index in [-0.39, 0.29) is 31.6 Å². The van der Waals surface area contributed by atoms with Gasteiger partial charge in [0.2, 0.25) is 5.91 Å². The summed E-state index contributed by atoms with van der Waals surface area (Å²) in [5.74, 6) is 0.384. The van der Waals surface area contributed by atoms with E-state index in [2.05, 4.69) is 0 Å². The molecular weight excluding hydrogens is 465 g/mol. The second kappa shape index (κ2) is 9.37. The Morgan fingerprint density at radius 3 is 2.40 bits per heavy atom. The van der Waals surface area contributed by atoms with E-state index in [0.29, 0.717) is 35.1 Å². The first kappa shape index (κ1) is 25.3. The summed E-state index contributed by atoms with van der Waals surface area (Å²) in [4.78, 5) is 27.4. The highest BCUT2D eigenvalue weighted by Gasteiger charge is 2.55. The highest BCUT2D eigenvalue weighted by molar-refractivity contribution is 5.85. The van der Waals surface area contributed by atoms with Crippen LogP contribution in [0.1, 0.15) is 44.9 Å². The van der Waals surface area contributed by atoms with Crippen molar-refractivity contribution in [2.45, 2.75) is 63.3 Å². The van der Waals surface area contributed by atoms with Crippen molar-refractivity contribution in [3.8, 4) is 11.5 Å². The highest BCUT2D eigenvalue weighted by atomic mass is 19.4. The van der Waals surface area contributed by atoms with Crippen LogP contribution >= 0.6 is 0 Å². The van der Waals surface area contributed by atoms with E-state index < -0.39 is 35.9 Å². The SMILES string of the molecule is COc1cc2ccn(CC3(O)CCN(C(=O)CCC(F)(F)F)CC34CCCC4)c(=O)c2cc1OC. The number of alkyl halides is 3. The number of rotatable bonds is 6. The molecule has 2 fully saturated rings. The zero-order valence-corrected chi connectivity index (χ0v) is 20.0. The van der Waals surface area contributed by atoms with Gasteiger partial charge in [0.1, 0.15) is 0 Å². The normalized spacial score (nSPS) is 22.1. The third kappa shape index (κ3) is 4.85. The molecule has 1 saturated carbocycles. The van der Waals surface area contributed by atoms with E-state index in [1.807, 2.05) is 0 Å². The molecule has 1 aliphatic carbocycles. The molecule has 1 saturated heterocycles. The van der Waals surface area contributed by atoms with Crippen LogP contribution in [-0.2, 0) is 11.3 Å². The molecule has 1 aliphatic heterocycles. The first-order valence-corrected chi connectivity index (χ1v) is 11.8. The lowest BCUT2D eigenvalue weighted by Crippen LogP contribution is -2.62. The highest BCUT2D eigenvalue weighted by Crippen LogP contribution is 2.51. The number of nitrogens with zero attached hydrogens (tertiary/aromatic N) is 2. The Morgan fingerprint density at radius 1 is 1.11 bits per heavy atom. The predicted octanol–water partition coefficient (Wildman–Crippen LogP) is 3.89. The minimum Gasteiger partial charge on any atom is -0.493 e. The van der Waals surface area contributed by atoms with Crippen LogP contribution in [0.15, 0.2) is 29.2 Å². The Labute approximate surface area is 201 Å². The number of carbonyl (C=O) groups excluding carboxylic acids is 1. The smallest absolute Gasteiger partial charge is 0.389 e. The summed E-state index contributed by atoms with van der Waals surface area (Å²) in [7, 11) is 3.00. The molecule has 1 N–H and O–H groups in total. The summed E-state index contributed by atoms with van der Waals surface area (Å²) in [5, 5.41) is 13.0. The van der Waals surface area contributed by atoms with Gasteiger partial charge in [0.25, 0.3) is 5.56 Å². The van der Waals surface area contributed by atoms with Crippen LogP contribution in [0.2, 0.25) is 0 Å². The van der Waals surface area contributed by atoms with Crippen molar-refractivity contribution >= 4 is 16.7 Å². The van der Waals surface area contributed by atoms with Crippen LogP contribution in [0.25, 0.3) is 10.8 Å². The Kier molecular flexibility index (Phi) is 6.78. The zero-order valence-electron chi connectivity index (χ0n) is 20.0. The van der Waals surface area contributed by atoms with Crippen LogP contribution in [0.3, 0.4) is 0 Å². The van der Waals surface area contributed by atoms with Gasteiger partial charge in [-0.1, -0.05) is 12.8 Å². The monoisotopic (exact) mass is 496 g/mol. The largest absolute Gasteiger partial charge is 0.493 e. The van der Waals surface area contributed by atoms with Crippen LogP contribution in [-0.4, -0.2) is 59.6 Å². The number of benzene rings is 1. The predicted molar refractivity (Wildman–Crippen MR) is 124 cm³/mol. The summed E-state index contributed by atoms with van der Waals surface area (Å²) < 4.78 is 50.0. The van der Waals surface area contributed by atoms with Crippen molar-refractivity contribution in [1.29, 1.82) is 0 Å². The molecule has 1 atom stereocenters. The van der Waals surface area contributed by atoms with Crippen molar-refractivity contribution in [3.05, 3.63) is 34.7 Å². The number of aromatic nitrogens is 1. The molecule has 1 amide bonds. The van der Waals surface area contributed by atoms with E-state index in [1.165, 1.54) is 23.7 Å². The molecule has 1 aromatic carbocycles.